The summed E-state index contributed by atoms with van der Waals surface area (Å²) in [6.07, 6.45) is 0.414. The fraction of sp³-hybridized carbons (Fsp3) is 0.429. The molecule has 0 saturated heterocycles. The third-order valence-electron chi connectivity index (χ3n) is 3.06. The van der Waals surface area contributed by atoms with E-state index < -0.39 is 0 Å². The first-order valence-electron chi connectivity index (χ1n) is 6.61. The number of anilines is 1. The zero-order valence-electron chi connectivity index (χ0n) is 11.7. The van der Waals surface area contributed by atoms with Gasteiger partial charge >= 0.3 is 0 Å². The summed E-state index contributed by atoms with van der Waals surface area (Å²) in [4.78, 5) is 23.3. The van der Waals surface area contributed by atoms with Gasteiger partial charge in [-0.3, -0.25) is 9.59 Å². The van der Waals surface area contributed by atoms with Crippen LogP contribution in [0.3, 0.4) is 0 Å². The minimum Gasteiger partial charge on any atom is -0.482 e. The number of ether oxygens (including phenoxy) is 2. The zero-order valence-corrected chi connectivity index (χ0v) is 11.7. The van der Waals surface area contributed by atoms with E-state index in [0.717, 1.165) is 0 Å². The Morgan fingerprint density at radius 3 is 3.10 bits per heavy atom. The number of hydrogen-bond acceptors (Lipinski definition) is 5. The van der Waals surface area contributed by atoms with E-state index in [0.29, 0.717) is 30.0 Å². The van der Waals surface area contributed by atoms with Crippen LogP contribution in [-0.4, -0.2) is 49.9 Å². The molecule has 0 radical (unpaired) electrons. The second kappa shape index (κ2) is 7.05. The van der Waals surface area contributed by atoms with Crippen molar-refractivity contribution in [3.8, 4) is 5.75 Å². The standard InChI is InChI=1S/C14H18N2O5/c1-20-7-10(4-5-17)15-14(19)9-2-3-11-12(6-9)21-8-13(18)16-11/h2-3,6,10,17H,4-5,7-8H2,1H3,(H,15,19)(H,16,18). The predicted octanol–water partition coefficient (Wildman–Crippen LogP) is 0.145. The quantitative estimate of drug-likeness (QED) is 0.693. The van der Waals surface area contributed by atoms with Crippen molar-refractivity contribution in [1.29, 1.82) is 0 Å². The number of fused-ring (bicyclic) bond motifs is 1. The SMILES string of the molecule is COCC(CCO)NC(=O)c1ccc2c(c1)OCC(=O)N2. The van der Waals surface area contributed by atoms with Crippen LogP contribution < -0.4 is 15.4 Å². The van der Waals surface area contributed by atoms with Crippen LogP contribution in [0.5, 0.6) is 5.75 Å². The molecule has 1 aromatic rings. The van der Waals surface area contributed by atoms with Crippen molar-refractivity contribution in [2.45, 2.75) is 12.5 Å². The smallest absolute Gasteiger partial charge is 0.262 e. The molecular formula is C14H18N2O5. The number of benzene rings is 1. The summed E-state index contributed by atoms with van der Waals surface area (Å²) in [5.41, 5.74) is 0.968. The van der Waals surface area contributed by atoms with Gasteiger partial charge in [-0.1, -0.05) is 0 Å². The average molecular weight is 294 g/mol. The van der Waals surface area contributed by atoms with Crippen LogP contribution in [0.25, 0.3) is 0 Å². The molecule has 0 saturated carbocycles. The Hall–Kier alpha value is -2.12. The highest BCUT2D eigenvalue weighted by Gasteiger charge is 2.19. The normalized spacial score (nSPS) is 14.7. The number of aliphatic hydroxyl groups excluding tert-OH is 1. The minimum absolute atomic E-state index is 0.0341. The third kappa shape index (κ3) is 3.93. The van der Waals surface area contributed by atoms with Crippen LogP contribution >= 0.6 is 0 Å². The maximum atomic E-state index is 12.2. The number of amides is 2. The second-order valence-corrected chi connectivity index (χ2v) is 4.69. The topological polar surface area (TPSA) is 96.9 Å². The summed E-state index contributed by atoms with van der Waals surface area (Å²) in [5, 5.41) is 14.4. The molecule has 1 atom stereocenters. The molecule has 7 heteroatoms. The van der Waals surface area contributed by atoms with Crippen molar-refractivity contribution in [1.82, 2.24) is 5.32 Å². The number of aliphatic hydroxyl groups is 1. The molecule has 1 aliphatic rings. The lowest BCUT2D eigenvalue weighted by molar-refractivity contribution is -0.118. The Labute approximate surface area is 122 Å². The van der Waals surface area contributed by atoms with Crippen molar-refractivity contribution in [2.24, 2.45) is 0 Å². The molecule has 21 heavy (non-hydrogen) atoms. The van der Waals surface area contributed by atoms with Gasteiger partial charge in [-0.15, -0.1) is 0 Å². The van der Waals surface area contributed by atoms with Crippen LogP contribution in [-0.2, 0) is 9.53 Å². The van der Waals surface area contributed by atoms with Gasteiger partial charge in [0.2, 0.25) is 0 Å². The fourth-order valence-electron chi connectivity index (χ4n) is 2.04. The lowest BCUT2D eigenvalue weighted by Crippen LogP contribution is -2.38. The van der Waals surface area contributed by atoms with Crippen molar-refractivity contribution >= 4 is 17.5 Å². The van der Waals surface area contributed by atoms with Gasteiger partial charge in [-0.2, -0.15) is 0 Å². The molecule has 1 aromatic carbocycles. The van der Waals surface area contributed by atoms with Crippen molar-refractivity contribution in [2.75, 3.05) is 32.2 Å². The van der Waals surface area contributed by atoms with Crippen LogP contribution in [0.2, 0.25) is 0 Å². The Morgan fingerprint density at radius 2 is 2.38 bits per heavy atom. The molecule has 3 N–H and O–H groups in total. The number of hydrogen-bond donors (Lipinski definition) is 3. The molecular weight excluding hydrogens is 276 g/mol. The summed E-state index contributed by atoms with van der Waals surface area (Å²) < 4.78 is 10.3. The molecule has 1 unspecified atom stereocenters. The average Bonchev–Trinajstić information content (AvgIpc) is 2.47. The molecule has 1 aliphatic heterocycles. The number of carbonyl (C=O) groups excluding carboxylic acids is 2. The minimum atomic E-state index is -0.284. The lowest BCUT2D eigenvalue weighted by Gasteiger charge is -2.20. The lowest BCUT2D eigenvalue weighted by atomic mass is 10.1. The van der Waals surface area contributed by atoms with Crippen molar-refractivity contribution in [3.63, 3.8) is 0 Å². The van der Waals surface area contributed by atoms with E-state index in [1.807, 2.05) is 0 Å². The molecule has 7 nitrogen and oxygen atoms in total. The van der Waals surface area contributed by atoms with E-state index in [1.165, 1.54) is 7.11 Å². The van der Waals surface area contributed by atoms with E-state index in [2.05, 4.69) is 10.6 Å². The molecule has 0 fully saturated rings. The van der Waals surface area contributed by atoms with Crippen LogP contribution in [0.1, 0.15) is 16.8 Å². The summed E-state index contributed by atoms with van der Waals surface area (Å²) in [6, 6.07) is 4.54. The highest BCUT2D eigenvalue weighted by atomic mass is 16.5. The fourth-order valence-corrected chi connectivity index (χ4v) is 2.04. The molecule has 2 amide bonds. The van der Waals surface area contributed by atoms with Crippen LogP contribution in [0, 0.1) is 0 Å². The Kier molecular flexibility index (Phi) is 5.13. The second-order valence-electron chi connectivity index (χ2n) is 4.69. The molecule has 0 bridgehead atoms. The summed E-state index contributed by atoms with van der Waals surface area (Å²) in [7, 11) is 1.53. The molecule has 0 aromatic heterocycles. The summed E-state index contributed by atoms with van der Waals surface area (Å²) in [6.45, 7) is 0.228. The van der Waals surface area contributed by atoms with Gasteiger partial charge in [0.15, 0.2) is 6.61 Å². The maximum Gasteiger partial charge on any atom is 0.262 e. The molecule has 2 rings (SSSR count). The van der Waals surface area contributed by atoms with Crippen molar-refractivity contribution < 1.29 is 24.2 Å². The highest BCUT2D eigenvalue weighted by Crippen LogP contribution is 2.28. The number of carbonyl (C=O) groups is 2. The third-order valence-corrected chi connectivity index (χ3v) is 3.06. The number of methoxy groups -OCH3 is 1. The molecule has 114 valence electrons. The van der Waals surface area contributed by atoms with E-state index in [1.54, 1.807) is 18.2 Å². The molecule has 1 heterocycles. The van der Waals surface area contributed by atoms with Gasteiger partial charge < -0.3 is 25.2 Å². The molecule has 0 spiro atoms. The first-order chi connectivity index (χ1) is 10.1. The predicted molar refractivity (Wildman–Crippen MR) is 75.4 cm³/mol. The van der Waals surface area contributed by atoms with E-state index in [-0.39, 0.29) is 31.1 Å². The van der Waals surface area contributed by atoms with Crippen LogP contribution in [0.15, 0.2) is 18.2 Å². The Morgan fingerprint density at radius 1 is 1.57 bits per heavy atom. The van der Waals surface area contributed by atoms with Gasteiger partial charge in [0.1, 0.15) is 5.75 Å². The van der Waals surface area contributed by atoms with Gasteiger partial charge in [0, 0.05) is 19.3 Å². The number of rotatable bonds is 6. The summed E-state index contributed by atoms with van der Waals surface area (Å²) in [5.74, 6) is -0.0377. The zero-order chi connectivity index (χ0) is 15.2. The highest BCUT2D eigenvalue weighted by molar-refractivity contribution is 5.99. The van der Waals surface area contributed by atoms with Crippen molar-refractivity contribution in [3.05, 3.63) is 23.8 Å². The number of nitrogens with one attached hydrogen (secondary N) is 2. The first kappa shape index (κ1) is 15.3. The van der Waals surface area contributed by atoms with E-state index in [4.69, 9.17) is 14.6 Å². The maximum absolute atomic E-state index is 12.2. The van der Waals surface area contributed by atoms with Gasteiger partial charge in [0.05, 0.1) is 18.3 Å². The van der Waals surface area contributed by atoms with E-state index in [9.17, 15) is 9.59 Å². The first-order valence-corrected chi connectivity index (χ1v) is 6.61. The molecule has 0 aliphatic carbocycles. The largest absolute Gasteiger partial charge is 0.482 e. The van der Waals surface area contributed by atoms with Crippen LogP contribution in [0.4, 0.5) is 5.69 Å². The Bertz CT molecular complexity index is 526. The monoisotopic (exact) mass is 294 g/mol. The Balaban J connectivity index is 2.07. The van der Waals surface area contributed by atoms with Gasteiger partial charge in [-0.25, -0.2) is 0 Å². The van der Waals surface area contributed by atoms with Gasteiger partial charge in [-0.05, 0) is 24.6 Å². The van der Waals surface area contributed by atoms with E-state index >= 15 is 0 Å². The summed E-state index contributed by atoms with van der Waals surface area (Å²) >= 11 is 0. The van der Waals surface area contributed by atoms with Gasteiger partial charge in [0.25, 0.3) is 11.8 Å².